The molecule has 0 radical (unpaired) electrons. The first-order valence-corrected chi connectivity index (χ1v) is 17.3. The Hall–Kier alpha value is -5.46. The van der Waals surface area contributed by atoms with Crippen LogP contribution in [0.4, 0.5) is 0 Å². The number of nitrogens with zero attached hydrogens (tertiary/aromatic N) is 2. The maximum Gasteiger partial charge on any atom is 0.333 e. The quantitative estimate of drug-likeness (QED) is 0.0858. The Morgan fingerprint density at radius 1 is 0.654 bits per heavy atom. The third-order valence-corrected chi connectivity index (χ3v) is 8.33. The van der Waals surface area contributed by atoms with E-state index in [0.29, 0.717) is 74.1 Å². The average Bonchev–Trinajstić information content (AvgIpc) is 3.70. The minimum absolute atomic E-state index is 0.282. The van der Waals surface area contributed by atoms with E-state index in [1.165, 1.54) is 0 Å². The largest absolute Gasteiger partial charge is 0.493 e. The Bertz CT molecular complexity index is 1780. The highest BCUT2D eigenvalue weighted by Crippen LogP contribution is 2.29. The van der Waals surface area contributed by atoms with Crippen LogP contribution in [0.15, 0.2) is 81.6 Å². The summed E-state index contributed by atoms with van der Waals surface area (Å²) in [4.78, 5) is 32.2. The van der Waals surface area contributed by atoms with Gasteiger partial charge in [0, 0.05) is 50.0 Å². The fraction of sp³-hybridized carbons (Fsp3) is 0.350. The molecule has 0 bridgehead atoms. The molecule has 2 unspecified atom stereocenters. The van der Waals surface area contributed by atoms with Gasteiger partial charge < -0.3 is 38.0 Å². The summed E-state index contributed by atoms with van der Waals surface area (Å²) in [5.41, 5.74) is 4.86. The van der Waals surface area contributed by atoms with Crippen molar-refractivity contribution in [3.8, 4) is 34.4 Å². The Labute approximate surface area is 302 Å². The SMILES string of the molecule is CCOC(Cc1ccc(OCCc2nc(-c3cccc(-c4nc(CCOc5ccc(CC(OCC)C(=O)O)cc5)c(C)o4)c3)oc2C)cc1)C(=O)O. The zero-order valence-electron chi connectivity index (χ0n) is 29.8. The van der Waals surface area contributed by atoms with Crippen LogP contribution in [0.3, 0.4) is 0 Å². The highest BCUT2D eigenvalue weighted by atomic mass is 16.5. The first-order chi connectivity index (χ1) is 25.1. The van der Waals surface area contributed by atoms with Crippen molar-refractivity contribution in [3.63, 3.8) is 0 Å². The maximum atomic E-state index is 11.4. The van der Waals surface area contributed by atoms with Gasteiger partial charge in [0.2, 0.25) is 11.8 Å². The molecule has 0 fully saturated rings. The molecule has 12 nitrogen and oxygen atoms in total. The zero-order valence-corrected chi connectivity index (χ0v) is 29.8. The molecule has 3 aromatic carbocycles. The molecule has 0 aliphatic carbocycles. The highest BCUT2D eigenvalue weighted by molar-refractivity contribution is 5.73. The lowest BCUT2D eigenvalue weighted by atomic mass is 10.1. The molecule has 0 saturated carbocycles. The van der Waals surface area contributed by atoms with Gasteiger partial charge in [0.1, 0.15) is 23.0 Å². The number of hydrogen-bond acceptors (Lipinski definition) is 10. The predicted octanol–water partition coefficient (Wildman–Crippen LogP) is 6.92. The van der Waals surface area contributed by atoms with E-state index in [4.69, 9.17) is 37.7 Å². The normalized spacial score (nSPS) is 12.4. The summed E-state index contributed by atoms with van der Waals surface area (Å²) < 4.78 is 34.5. The summed E-state index contributed by atoms with van der Waals surface area (Å²) in [6, 6.07) is 22.3. The first kappa shape index (κ1) is 37.8. The van der Waals surface area contributed by atoms with Crippen molar-refractivity contribution in [2.24, 2.45) is 0 Å². The van der Waals surface area contributed by atoms with E-state index < -0.39 is 24.1 Å². The van der Waals surface area contributed by atoms with Gasteiger partial charge in [-0.1, -0.05) is 30.3 Å². The monoisotopic (exact) mass is 712 g/mol. The third kappa shape index (κ3) is 10.3. The summed E-state index contributed by atoms with van der Waals surface area (Å²) in [6.07, 6.45) is -0.117. The second kappa shape index (κ2) is 18.2. The molecule has 0 amide bonds. The Balaban J connectivity index is 1.13. The highest BCUT2D eigenvalue weighted by Gasteiger charge is 2.20. The lowest BCUT2D eigenvalue weighted by molar-refractivity contribution is -0.150. The molecule has 5 aromatic rings. The van der Waals surface area contributed by atoms with Gasteiger partial charge in [-0.05, 0) is 81.3 Å². The van der Waals surface area contributed by atoms with Crippen LogP contribution >= 0.6 is 0 Å². The molecule has 0 aliphatic heterocycles. The molecule has 52 heavy (non-hydrogen) atoms. The molecule has 2 atom stereocenters. The maximum absolute atomic E-state index is 11.4. The standard InChI is InChI=1S/C40H44N2O10/c1-5-47-35(39(43)44)22-27-10-14-31(15-11-27)49-20-18-33-25(3)51-37(41-33)29-8-7-9-30(24-29)38-42-34(26(4)52-38)19-21-50-32-16-12-28(13-17-32)23-36(40(45)46)48-6-2/h7-17,24,35-36H,5-6,18-23H2,1-4H3,(H,43,44)(H,45,46). The number of carboxylic acids is 2. The summed E-state index contributed by atoms with van der Waals surface area (Å²) in [6.45, 7) is 8.74. The molecule has 0 aliphatic rings. The molecule has 274 valence electrons. The number of aliphatic carboxylic acids is 2. The van der Waals surface area contributed by atoms with Gasteiger partial charge in [-0.3, -0.25) is 0 Å². The van der Waals surface area contributed by atoms with Gasteiger partial charge in [0.05, 0.1) is 24.6 Å². The van der Waals surface area contributed by atoms with Gasteiger partial charge in [-0.25, -0.2) is 19.6 Å². The van der Waals surface area contributed by atoms with Crippen LogP contribution in [0.25, 0.3) is 22.9 Å². The molecular formula is C40H44N2O10. The fourth-order valence-corrected chi connectivity index (χ4v) is 5.59. The number of carbonyl (C=O) groups is 2. The number of ether oxygens (including phenoxy) is 4. The van der Waals surface area contributed by atoms with Crippen LogP contribution in [0.5, 0.6) is 11.5 Å². The van der Waals surface area contributed by atoms with Gasteiger partial charge >= 0.3 is 11.9 Å². The van der Waals surface area contributed by atoms with E-state index in [9.17, 15) is 19.8 Å². The number of aryl methyl sites for hydroxylation is 2. The second-order valence-corrected chi connectivity index (χ2v) is 12.1. The molecule has 0 spiro atoms. The van der Waals surface area contributed by atoms with E-state index in [0.717, 1.165) is 33.6 Å². The number of rotatable bonds is 20. The summed E-state index contributed by atoms with van der Waals surface area (Å²) >= 11 is 0. The number of oxazole rings is 2. The van der Waals surface area contributed by atoms with Crippen molar-refractivity contribution < 1.29 is 47.6 Å². The number of aromatic nitrogens is 2. The van der Waals surface area contributed by atoms with Crippen molar-refractivity contribution in [2.75, 3.05) is 26.4 Å². The smallest absolute Gasteiger partial charge is 0.333 e. The van der Waals surface area contributed by atoms with E-state index in [2.05, 4.69) is 0 Å². The van der Waals surface area contributed by atoms with Crippen molar-refractivity contribution in [2.45, 2.75) is 65.6 Å². The number of carboxylic acid groups (broad SMARTS) is 2. The van der Waals surface area contributed by atoms with Gasteiger partial charge in [-0.15, -0.1) is 0 Å². The third-order valence-electron chi connectivity index (χ3n) is 8.33. The molecule has 2 aromatic heterocycles. The lowest BCUT2D eigenvalue weighted by Crippen LogP contribution is -2.26. The molecule has 0 saturated heterocycles. The predicted molar refractivity (Wildman–Crippen MR) is 192 cm³/mol. The van der Waals surface area contributed by atoms with E-state index >= 15 is 0 Å². The van der Waals surface area contributed by atoms with Crippen molar-refractivity contribution in [1.29, 1.82) is 0 Å². The second-order valence-electron chi connectivity index (χ2n) is 12.1. The topological polar surface area (TPSA) is 164 Å². The number of benzene rings is 3. The van der Waals surface area contributed by atoms with Crippen LogP contribution in [-0.4, -0.2) is 70.8 Å². The molecule has 5 rings (SSSR count). The van der Waals surface area contributed by atoms with Crippen molar-refractivity contribution >= 4 is 11.9 Å². The Morgan fingerprint density at radius 2 is 1.06 bits per heavy atom. The van der Waals surface area contributed by atoms with Crippen molar-refractivity contribution in [3.05, 3.63) is 107 Å². The van der Waals surface area contributed by atoms with Crippen LogP contribution in [0.2, 0.25) is 0 Å². The molecular weight excluding hydrogens is 668 g/mol. The minimum atomic E-state index is -0.981. The van der Waals surface area contributed by atoms with Gasteiger partial charge in [-0.2, -0.15) is 0 Å². The van der Waals surface area contributed by atoms with Crippen LogP contribution in [0.1, 0.15) is 47.9 Å². The lowest BCUT2D eigenvalue weighted by Gasteiger charge is -2.12. The molecule has 2 heterocycles. The average molecular weight is 713 g/mol. The van der Waals surface area contributed by atoms with Crippen LogP contribution < -0.4 is 9.47 Å². The Morgan fingerprint density at radius 3 is 1.42 bits per heavy atom. The molecule has 2 N–H and O–H groups in total. The van der Waals surface area contributed by atoms with E-state index in [-0.39, 0.29) is 12.8 Å². The van der Waals surface area contributed by atoms with Gasteiger partial charge in [0.25, 0.3) is 0 Å². The summed E-state index contributed by atoms with van der Waals surface area (Å²) in [5, 5.41) is 18.7. The Kier molecular flexibility index (Phi) is 13.2. The molecule has 12 heteroatoms. The van der Waals surface area contributed by atoms with Crippen LogP contribution in [-0.2, 0) is 44.7 Å². The number of hydrogen-bond donors (Lipinski definition) is 2. The van der Waals surface area contributed by atoms with E-state index in [1.807, 2.05) is 86.6 Å². The van der Waals surface area contributed by atoms with Gasteiger partial charge in [0.15, 0.2) is 12.2 Å². The van der Waals surface area contributed by atoms with Crippen molar-refractivity contribution in [1.82, 2.24) is 9.97 Å². The van der Waals surface area contributed by atoms with Crippen LogP contribution in [0, 0.1) is 13.8 Å². The summed E-state index contributed by atoms with van der Waals surface area (Å²) in [5.74, 6) is 1.77. The zero-order chi connectivity index (χ0) is 37.0. The van der Waals surface area contributed by atoms with E-state index in [1.54, 1.807) is 13.8 Å². The summed E-state index contributed by atoms with van der Waals surface area (Å²) in [7, 11) is 0. The fourth-order valence-electron chi connectivity index (χ4n) is 5.59. The minimum Gasteiger partial charge on any atom is -0.493 e. The first-order valence-electron chi connectivity index (χ1n) is 17.3.